The molecule has 5 rings (SSSR count). The van der Waals surface area contributed by atoms with Gasteiger partial charge in [-0.1, -0.05) is 42.0 Å². The summed E-state index contributed by atoms with van der Waals surface area (Å²) in [6, 6.07) is 20.8. The molecular formula is C27H25N3O3. The topological polar surface area (TPSA) is 64.4 Å². The molecule has 0 fully saturated rings. The SMILES string of the molecule is CCN1C(=O)[C@H](Cc2nc3ccccc3c(=O)n2-c2ccccc2OC)c2cc(C)ccc21. The van der Waals surface area contributed by atoms with Crippen LogP contribution in [-0.4, -0.2) is 29.1 Å². The van der Waals surface area contributed by atoms with Crippen LogP contribution in [0.5, 0.6) is 5.75 Å². The Bertz CT molecular complexity index is 1440. The number of fused-ring (bicyclic) bond motifs is 2. The predicted octanol–water partition coefficient (Wildman–Crippen LogP) is 4.40. The number of hydrogen-bond donors (Lipinski definition) is 0. The number of ether oxygens (including phenoxy) is 1. The van der Waals surface area contributed by atoms with E-state index in [1.54, 1.807) is 17.7 Å². The number of aryl methyl sites for hydroxylation is 1. The van der Waals surface area contributed by atoms with Crippen LogP contribution in [0.4, 0.5) is 5.69 Å². The van der Waals surface area contributed by atoms with Gasteiger partial charge in [-0.2, -0.15) is 0 Å². The second-order valence-corrected chi connectivity index (χ2v) is 8.26. The van der Waals surface area contributed by atoms with Gasteiger partial charge in [0.15, 0.2) is 0 Å². The largest absolute Gasteiger partial charge is 0.495 e. The monoisotopic (exact) mass is 439 g/mol. The Labute approximate surface area is 192 Å². The number of methoxy groups -OCH3 is 1. The molecule has 0 saturated carbocycles. The van der Waals surface area contributed by atoms with Crippen molar-refractivity contribution in [3.05, 3.63) is 94.0 Å². The first-order chi connectivity index (χ1) is 16.0. The third-order valence-corrected chi connectivity index (χ3v) is 6.29. The first kappa shape index (κ1) is 20.9. The van der Waals surface area contributed by atoms with Gasteiger partial charge in [-0.3, -0.25) is 14.2 Å². The average Bonchev–Trinajstić information content (AvgIpc) is 3.09. The molecule has 1 amide bonds. The summed E-state index contributed by atoms with van der Waals surface area (Å²) in [5.74, 6) is 0.732. The van der Waals surface area contributed by atoms with Crippen molar-refractivity contribution in [3.63, 3.8) is 0 Å². The quantitative estimate of drug-likeness (QED) is 0.463. The number of aromatic nitrogens is 2. The number of nitrogens with zero attached hydrogens (tertiary/aromatic N) is 3. The average molecular weight is 440 g/mol. The van der Waals surface area contributed by atoms with Crippen LogP contribution in [0.15, 0.2) is 71.5 Å². The van der Waals surface area contributed by atoms with Crippen molar-refractivity contribution in [2.24, 2.45) is 0 Å². The van der Waals surface area contributed by atoms with Gasteiger partial charge in [0.05, 0.1) is 29.6 Å². The van der Waals surface area contributed by atoms with Crippen LogP contribution in [0.2, 0.25) is 0 Å². The van der Waals surface area contributed by atoms with Crippen molar-refractivity contribution in [3.8, 4) is 11.4 Å². The minimum absolute atomic E-state index is 0.0343. The highest BCUT2D eigenvalue weighted by atomic mass is 16.5. The van der Waals surface area contributed by atoms with E-state index in [9.17, 15) is 9.59 Å². The van der Waals surface area contributed by atoms with Crippen LogP contribution in [0.1, 0.15) is 29.8 Å². The predicted molar refractivity (Wildman–Crippen MR) is 130 cm³/mol. The van der Waals surface area contributed by atoms with Crippen LogP contribution < -0.4 is 15.2 Å². The van der Waals surface area contributed by atoms with Gasteiger partial charge in [0.2, 0.25) is 5.91 Å². The maximum Gasteiger partial charge on any atom is 0.266 e. The molecule has 0 radical (unpaired) electrons. The summed E-state index contributed by atoms with van der Waals surface area (Å²) >= 11 is 0. The molecule has 166 valence electrons. The van der Waals surface area contributed by atoms with Gasteiger partial charge in [0.25, 0.3) is 5.56 Å². The van der Waals surface area contributed by atoms with Crippen LogP contribution in [0, 0.1) is 6.92 Å². The summed E-state index contributed by atoms with van der Waals surface area (Å²) in [4.78, 5) is 33.8. The molecule has 1 aliphatic heterocycles. The molecule has 1 aromatic heterocycles. The standard InChI is InChI=1S/C27H25N3O3/c1-4-29-22-14-13-17(2)15-19(22)20(26(29)31)16-25-28-21-10-6-5-9-18(21)27(32)30(25)23-11-7-8-12-24(23)33-3/h5-15,20H,4,16H2,1-3H3/t20-/m1/s1. The molecule has 0 saturated heterocycles. The Kier molecular flexibility index (Phi) is 5.21. The number of likely N-dealkylation sites (N-methyl/N-ethyl adjacent to an activating group) is 1. The molecule has 6 nitrogen and oxygen atoms in total. The Balaban J connectivity index is 1.73. The summed E-state index contributed by atoms with van der Waals surface area (Å²) < 4.78 is 7.15. The fourth-order valence-corrected chi connectivity index (χ4v) is 4.72. The summed E-state index contributed by atoms with van der Waals surface area (Å²) in [6.45, 7) is 4.59. The maximum absolute atomic E-state index is 13.7. The fourth-order valence-electron chi connectivity index (χ4n) is 4.72. The van der Waals surface area contributed by atoms with Crippen molar-refractivity contribution in [2.45, 2.75) is 26.2 Å². The van der Waals surface area contributed by atoms with Crippen molar-refractivity contribution in [2.75, 3.05) is 18.6 Å². The highest BCUT2D eigenvalue weighted by molar-refractivity contribution is 6.05. The summed E-state index contributed by atoms with van der Waals surface area (Å²) in [5, 5.41) is 0.524. The Morgan fingerprint density at radius 3 is 2.52 bits per heavy atom. The molecule has 1 atom stereocenters. The lowest BCUT2D eigenvalue weighted by molar-refractivity contribution is -0.119. The fraction of sp³-hybridized carbons (Fsp3) is 0.222. The zero-order chi connectivity index (χ0) is 23.1. The van der Waals surface area contributed by atoms with Gasteiger partial charge >= 0.3 is 0 Å². The van der Waals surface area contributed by atoms with E-state index >= 15 is 0 Å². The molecule has 0 spiro atoms. The van der Waals surface area contributed by atoms with E-state index in [-0.39, 0.29) is 11.5 Å². The second-order valence-electron chi connectivity index (χ2n) is 8.26. The molecule has 3 aromatic carbocycles. The van der Waals surface area contributed by atoms with Crippen molar-refractivity contribution in [1.82, 2.24) is 9.55 Å². The van der Waals surface area contributed by atoms with E-state index in [4.69, 9.17) is 9.72 Å². The summed E-state index contributed by atoms with van der Waals surface area (Å²) in [5.41, 5.74) is 4.06. The number of para-hydroxylation sites is 3. The van der Waals surface area contributed by atoms with Crippen molar-refractivity contribution < 1.29 is 9.53 Å². The molecule has 2 heterocycles. The zero-order valence-corrected chi connectivity index (χ0v) is 18.9. The number of benzene rings is 3. The Hall–Kier alpha value is -3.93. The maximum atomic E-state index is 13.7. The van der Waals surface area contributed by atoms with Gasteiger partial charge in [-0.25, -0.2) is 4.98 Å². The molecule has 0 aliphatic carbocycles. The number of carbonyl (C=O) groups is 1. The Morgan fingerprint density at radius 2 is 1.73 bits per heavy atom. The molecule has 33 heavy (non-hydrogen) atoms. The molecule has 0 unspecified atom stereocenters. The van der Waals surface area contributed by atoms with E-state index in [1.807, 2.05) is 73.3 Å². The number of amides is 1. The van der Waals surface area contributed by atoms with Crippen LogP contribution in [0.25, 0.3) is 16.6 Å². The van der Waals surface area contributed by atoms with Crippen LogP contribution in [-0.2, 0) is 11.2 Å². The lowest BCUT2D eigenvalue weighted by Gasteiger charge is -2.18. The van der Waals surface area contributed by atoms with E-state index in [1.165, 1.54) is 0 Å². The second kappa shape index (κ2) is 8.20. The third kappa shape index (κ3) is 3.39. The van der Waals surface area contributed by atoms with Gasteiger partial charge in [0.1, 0.15) is 11.6 Å². The third-order valence-electron chi connectivity index (χ3n) is 6.29. The number of hydrogen-bond acceptors (Lipinski definition) is 4. The van der Waals surface area contributed by atoms with Gasteiger partial charge in [-0.05, 0) is 49.7 Å². The minimum atomic E-state index is -0.408. The molecular weight excluding hydrogens is 414 g/mol. The lowest BCUT2D eigenvalue weighted by Crippen LogP contribution is -2.31. The molecule has 6 heteroatoms. The van der Waals surface area contributed by atoms with Crippen LogP contribution in [0.3, 0.4) is 0 Å². The minimum Gasteiger partial charge on any atom is -0.495 e. The molecule has 4 aromatic rings. The highest BCUT2D eigenvalue weighted by Crippen LogP contribution is 2.39. The summed E-state index contributed by atoms with van der Waals surface area (Å²) in [7, 11) is 1.58. The van der Waals surface area contributed by atoms with Gasteiger partial charge in [0, 0.05) is 18.7 Å². The number of carbonyl (C=O) groups excluding carboxylic acids is 1. The summed E-state index contributed by atoms with van der Waals surface area (Å²) in [6.07, 6.45) is 0.309. The first-order valence-electron chi connectivity index (χ1n) is 11.1. The zero-order valence-electron chi connectivity index (χ0n) is 18.9. The lowest BCUT2D eigenvalue weighted by atomic mass is 9.95. The molecule has 0 bridgehead atoms. The number of anilines is 1. The van der Waals surface area contributed by atoms with Crippen molar-refractivity contribution in [1.29, 1.82) is 0 Å². The van der Waals surface area contributed by atoms with Crippen LogP contribution >= 0.6 is 0 Å². The van der Waals surface area contributed by atoms with Gasteiger partial charge in [-0.15, -0.1) is 0 Å². The highest BCUT2D eigenvalue weighted by Gasteiger charge is 2.37. The van der Waals surface area contributed by atoms with E-state index in [0.29, 0.717) is 41.1 Å². The van der Waals surface area contributed by atoms with Gasteiger partial charge < -0.3 is 9.64 Å². The molecule has 1 aliphatic rings. The number of rotatable bonds is 5. The normalized spacial score (nSPS) is 15.2. The smallest absolute Gasteiger partial charge is 0.266 e. The van der Waals surface area contributed by atoms with E-state index < -0.39 is 5.92 Å². The first-order valence-corrected chi connectivity index (χ1v) is 11.1. The van der Waals surface area contributed by atoms with E-state index in [2.05, 4.69) is 6.07 Å². The Morgan fingerprint density at radius 1 is 0.970 bits per heavy atom. The van der Waals surface area contributed by atoms with E-state index in [0.717, 1.165) is 16.8 Å². The molecule has 0 N–H and O–H groups in total. The van der Waals surface area contributed by atoms with Crippen molar-refractivity contribution >= 4 is 22.5 Å².